The first-order valence-corrected chi connectivity index (χ1v) is 8.34. The van der Waals surface area contributed by atoms with Crippen LogP contribution in [-0.2, 0) is 11.2 Å². The van der Waals surface area contributed by atoms with Gasteiger partial charge in [0, 0.05) is 35.8 Å². The number of rotatable bonds is 6. The summed E-state index contributed by atoms with van der Waals surface area (Å²) in [5.74, 6) is -1.93. The molecule has 1 aromatic carbocycles. The molecule has 0 aliphatic rings. The van der Waals surface area contributed by atoms with E-state index in [0.717, 1.165) is 0 Å². The highest BCUT2D eigenvalue weighted by Crippen LogP contribution is 2.26. The Balaban J connectivity index is 1.73. The van der Waals surface area contributed by atoms with Crippen LogP contribution in [0.25, 0.3) is 11.3 Å². The molecular weight excluding hydrogens is 378 g/mol. The molecule has 0 N–H and O–H groups in total. The fraction of sp³-hybridized carbons (Fsp3) is 0.211. The Morgan fingerprint density at radius 2 is 1.75 bits per heavy atom. The first-order valence-electron chi connectivity index (χ1n) is 8.34. The summed E-state index contributed by atoms with van der Waals surface area (Å²) in [6.45, 7) is -0.156. The van der Waals surface area contributed by atoms with E-state index in [1.807, 2.05) is 0 Å². The highest BCUT2D eigenvalue weighted by atomic mass is 19.4. The van der Waals surface area contributed by atoms with Crippen LogP contribution in [0.4, 0.5) is 23.2 Å². The van der Waals surface area contributed by atoms with Crippen molar-refractivity contribution in [2.75, 3.05) is 11.4 Å². The van der Waals surface area contributed by atoms with Gasteiger partial charge in [-0.05, 0) is 49.2 Å². The summed E-state index contributed by atoms with van der Waals surface area (Å²) < 4.78 is 57.1. The number of nitrogens with zero attached hydrogens (tertiary/aromatic N) is 3. The van der Waals surface area contributed by atoms with Crippen LogP contribution in [0, 0.1) is 5.82 Å². The second-order valence-electron chi connectivity index (χ2n) is 5.95. The van der Waals surface area contributed by atoms with E-state index >= 15 is 0 Å². The minimum absolute atomic E-state index is 0.112. The number of carbonyl (C=O) groups is 1. The summed E-state index contributed by atoms with van der Waals surface area (Å²) in [5.41, 5.74) is 1.37. The quantitative estimate of drug-likeness (QED) is 0.583. The third-order valence-corrected chi connectivity index (χ3v) is 4.04. The number of hydrogen-bond acceptors (Lipinski definition) is 4. The molecule has 0 radical (unpaired) electrons. The highest BCUT2D eigenvalue weighted by Gasteiger charge is 2.42. The largest absolute Gasteiger partial charge is 0.471 e. The molecule has 2 heterocycles. The fourth-order valence-electron chi connectivity index (χ4n) is 2.73. The monoisotopic (exact) mass is 393 g/mol. The van der Waals surface area contributed by atoms with Gasteiger partial charge in [-0.1, -0.05) is 5.16 Å². The van der Waals surface area contributed by atoms with Crippen LogP contribution in [0.3, 0.4) is 0 Å². The van der Waals surface area contributed by atoms with Gasteiger partial charge in [0.15, 0.2) is 5.76 Å². The lowest BCUT2D eigenvalue weighted by Crippen LogP contribution is -2.42. The molecule has 0 aliphatic heterocycles. The van der Waals surface area contributed by atoms with Crippen LogP contribution in [0.1, 0.15) is 12.0 Å². The molecule has 1 amide bonds. The lowest BCUT2D eigenvalue weighted by atomic mass is 10.1. The van der Waals surface area contributed by atoms with Crippen LogP contribution in [0.15, 0.2) is 59.5 Å². The predicted octanol–water partition coefficient (Wildman–Crippen LogP) is 4.40. The average Bonchev–Trinajstić information content (AvgIpc) is 3.14. The Labute approximate surface area is 157 Å². The Bertz CT molecular complexity index is 924. The van der Waals surface area contributed by atoms with E-state index in [2.05, 4.69) is 10.1 Å². The summed E-state index contributed by atoms with van der Waals surface area (Å²) in [4.78, 5) is 16.2. The van der Waals surface area contributed by atoms with Crippen molar-refractivity contribution >= 4 is 11.6 Å². The maximum absolute atomic E-state index is 13.1. The number of alkyl halides is 3. The zero-order valence-corrected chi connectivity index (χ0v) is 14.5. The number of amides is 1. The molecule has 3 rings (SSSR count). The molecule has 2 aromatic heterocycles. The minimum atomic E-state index is -4.99. The molecule has 5 nitrogen and oxygen atoms in total. The van der Waals surface area contributed by atoms with Gasteiger partial charge in [-0.25, -0.2) is 4.39 Å². The van der Waals surface area contributed by atoms with E-state index in [1.54, 1.807) is 0 Å². The van der Waals surface area contributed by atoms with Crippen molar-refractivity contribution in [1.82, 2.24) is 10.1 Å². The molecule has 28 heavy (non-hydrogen) atoms. The Kier molecular flexibility index (Phi) is 5.72. The molecule has 9 heteroatoms. The van der Waals surface area contributed by atoms with Crippen molar-refractivity contribution in [2.24, 2.45) is 0 Å². The van der Waals surface area contributed by atoms with Crippen LogP contribution in [-0.4, -0.2) is 28.8 Å². The summed E-state index contributed by atoms with van der Waals surface area (Å²) in [7, 11) is 0. The number of hydrogen-bond donors (Lipinski definition) is 0. The topological polar surface area (TPSA) is 59.2 Å². The van der Waals surface area contributed by atoms with Crippen LogP contribution in [0.5, 0.6) is 0 Å². The van der Waals surface area contributed by atoms with Crippen molar-refractivity contribution in [2.45, 2.75) is 19.0 Å². The van der Waals surface area contributed by atoms with Gasteiger partial charge in [0.25, 0.3) is 0 Å². The molecule has 0 bridgehead atoms. The second-order valence-corrected chi connectivity index (χ2v) is 5.95. The maximum Gasteiger partial charge on any atom is 0.471 e. The molecule has 0 aliphatic carbocycles. The third-order valence-electron chi connectivity index (χ3n) is 4.04. The van der Waals surface area contributed by atoms with E-state index in [1.165, 1.54) is 55.0 Å². The highest BCUT2D eigenvalue weighted by molar-refractivity contribution is 5.97. The fourth-order valence-corrected chi connectivity index (χ4v) is 2.73. The van der Waals surface area contributed by atoms with Gasteiger partial charge in [-0.15, -0.1) is 0 Å². The number of anilines is 1. The third kappa shape index (κ3) is 4.54. The number of aryl methyl sites for hydroxylation is 1. The molecule has 0 spiro atoms. The van der Waals surface area contributed by atoms with Crippen molar-refractivity contribution in [3.63, 3.8) is 0 Å². The zero-order chi connectivity index (χ0) is 20.1. The number of halogens is 4. The molecule has 3 aromatic rings. The summed E-state index contributed by atoms with van der Waals surface area (Å²) in [6.07, 6.45) is -0.333. The number of aromatic nitrogens is 2. The second kappa shape index (κ2) is 8.20. The van der Waals surface area contributed by atoms with Crippen molar-refractivity contribution in [1.29, 1.82) is 0 Å². The lowest BCUT2D eigenvalue weighted by Gasteiger charge is -2.23. The SMILES string of the molecule is O=C(N(CCCc1cnoc1-c1ccc(F)cc1)c1ccncc1)C(F)(F)F. The zero-order valence-electron chi connectivity index (χ0n) is 14.5. The van der Waals surface area contributed by atoms with Gasteiger partial charge >= 0.3 is 12.1 Å². The Hall–Kier alpha value is -3.23. The van der Waals surface area contributed by atoms with Gasteiger partial charge in [0.05, 0.1) is 6.20 Å². The van der Waals surface area contributed by atoms with Gasteiger partial charge in [-0.3, -0.25) is 9.78 Å². The van der Waals surface area contributed by atoms with Crippen molar-refractivity contribution in [3.8, 4) is 11.3 Å². The number of benzene rings is 1. The Morgan fingerprint density at radius 3 is 2.39 bits per heavy atom. The molecule has 0 atom stereocenters. The minimum Gasteiger partial charge on any atom is -0.356 e. The van der Waals surface area contributed by atoms with E-state index in [0.29, 0.717) is 28.2 Å². The summed E-state index contributed by atoms with van der Waals surface area (Å²) in [5, 5.41) is 3.71. The number of carbonyl (C=O) groups excluding carboxylic acids is 1. The van der Waals surface area contributed by atoms with Crippen LogP contribution in [0.2, 0.25) is 0 Å². The normalized spacial score (nSPS) is 11.4. The first kappa shape index (κ1) is 19.5. The van der Waals surface area contributed by atoms with Crippen LogP contribution >= 0.6 is 0 Å². The standard InChI is InChI=1S/C19H15F4N3O2/c20-15-5-3-13(4-6-15)17-14(12-25-28-17)2-1-11-26(18(27)19(21,22)23)16-7-9-24-10-8-16/h3-10,12H,1-2,11H2. The molecule has 0 saturated heterocycles. The molecule has 0 unspecified atom stereocenters. The lowest BCUT2D eigenvalue weighted by molar-refractivity contribution is -0.170. The smallest absolute Gasteiger partial charge is 0.356 e. The van der Waals surface area contributed by atoms with E-state index in [9.17, 15) is 22.4 Å². The molecule has 0 saturated carbocycles. The molecule has 146 valence electrons. The van der Waals surface area contributed by atoms with Crippen LogP contribution < -0.4 is 4.90 Å². The van der Waals surface area contributed by atoms with Gasteiger partial charge in [-0.2, -0.15) is 13.2 Å². The Morgan fingerprint density at radius 1 is 1.07 bits per heavy atom. The van der Waals surface area contributed by atoms with E-state index in [-0.39, 0.29) is 18.7 Å². The van der Waals surface area contributed by atoms with Crippen molar-refractivity contribution in [3.05, 3.63) is 66.4 Å². The first-order chi connectivity index (χ1) is 13.4. The average molecular weight is 393 g/mol. The van der Waals surface area contributed by atoms with Gasteiger partial charge < -0.3 is 9.42 Å². The van der Waals surface area contributed by atoms with Crippen molar-refractivity contribution < 1.29 is 26.9 Å². The molecular formula is C19H15F4N3O2. The van der Waals surface area contributed by atoms with Gasteiger partial charge in [0.2, 0.25) is 0 Å². The summed E-state index contributed by atoms with van der Waals surface area (Å²) >= 11 is 0. The molecule has 0 fully saturated rings. The van der Waals surface area contributed by atoms with E-state index < -0.39 is 17.9 Å². The van der Waals surface area contributed by atoms with E-state index in [4.69, 9.17) is 4.52 Å². The predicted molar refractivity (Wildman–Crippen MR) is 92.9 cm³/mol. The summed E-state index contributed by atoms with van der Waals surface area (Å²) in [6, 6.07) is 8.27. The van der Waals surface area contributed by atoms with Gasteiger partial charge in [0.1, 0.15) is 5.82 Å². The maximum atomic E-state index is 13.1. The number of pyridine rings is 1.